The van der Waals surface area contributed by atoms with Crippen LogP contribution in [0.2, 0.25) is 0 Å². The van der Waals surface area contributed by atoms with Crippen LogP contribution in [-0.4, -0.2) is 27.4 Å². The minimum absolute atomic E-state index is 0.0125. The number of nitrogens with one attached hydrogen (secondary N) is 1. The van der Waals surface area contributed by atoms with Crippen LogP contribution in [0, 0.1) is 17.4 Å². The summed E-state index contributed by atoms with van der Waals surface area (Å²) in [4.78, 5) is 68.8. The fraction of sp³-hybridized carbons (Fsp3) is 0.194. The molecule has 0 amide bonds. The molecule has 41 heavy (non-hydrogen) atoms. The SMILES string of the molecule is C/C=C/C=C/c1cc2c(C)c3c(c(O)c2c(=O)[nH]1)C1(CC3)C(O)=c2c(=O)c3c(=O)cc(OC)c(=O)c=3c(=O)c2=C1O. The highest BCUT2D eigenvalue weighted by molar-refractivity contribution is 5.97. The van der Waals surface area contributed by atoms with Gasteiger partial charge in [0.15, 0.2) is 11.2 Å². The van der Waals surface area contributed by atoms with Gasteiger partial charge in [-0.2, -0.15) is 0 Å². The number of benzene rings is 1. The van der Waals surface area contributed by atoms with Gasteiger partial charge in [0.25, 0.3) is 5.56 Å². The number of phenolic OH excluding ortho intramolecular Hbond substituents is 1. The van der Waals surface area contributed by atoms with E-state index >= 15 is 0 Å². The minimum atomic E-state index is -1.94. The number of pyridine rings is 1. The fourth-order valence-electron chi connectivity index (χ4n) is 6.45. The summed E-state index contributed by atoms with van der Waals surface area (Å²) in [5.74, 6) is -2.43. The molecule has 1 aromatic heterocycles. The Morgan fingerprint density at radius 3 is 2.20 bits per heavy atom. The van der Waals surface area contributed by atoms with Crippen molar-refractivity contribution < 1.29 is 20.1 Å². The van der Waals surface area contributed by atoms with E-state index in [1.807, 2.05) is 13.0 Å². The zero-order chi connectivity index (χ0) is 29.5. The van der Waals surface area contributed by atoms with Gasteiger partial charge in [-0.15, -0.1) is 0 Å². The second kappa shape index (κ2) is 8.62. The molecule has 206 valence electrons. The summed E-state index contributed by atoms with van der Waals surface area (Å²) >= 11 is 0. The highest BCUT2D eigenvalue weighted by Crippen LogP contribution is 2.55. The van der Waals surface area contributed by atoms with Gasteiger partial charge in [-0.25, -0.2) is 0 Å². The molecule has 4 N–H and O–H groups in total. The molecule has 1 atom stereocenters. The van der Waals surface area contributed by atoms with Gasteiger partial charge in [0.2, 0.25) is 16.3 Å². The van der Waals surface area contributed by atoms with E-state index in [-0.39, 0.29) is 23.8 Å². The van der Waals surface area contributed by atoms with Crippen molar-refractivity contribution in [3.05, 3.63) is 125 Å². The molecular weight excluding hydrogens is 530 g/mol. The lowest BCUT2D eigenvalue weighted by atomic mass is 9.78. The first-order valence-electron chi connectivity index (χ1n) is 12.8. The molecule has 1 unspecified atom stereocenters. The predicted octanol–water partition coefficient (Wildman–Crippen LogP) is 0.411. The van der Waals surface area contributed by atoms with E-state index in [4.69, 9.17) is 4.74 Å². The number of methoxy groups -OCH3 is 1. The van der Waals surface area contributed by atoms with Gasteiger partial charge >= 0.3 is 0 Å². The highest BCUT2D eigenvalue weighted by Gasteiger charge is 2.53. The minimum Gasteiger partial charge on any atom is -0.510 e. The van der Waals surface area contributed by atoms with Gasteiger partial charge in [0.05, 0.1) is 33.4 Å². The Morgan fingerprint density at radius 1 is 0.902 bits per heavy atom. The Bertz CT molecular complexity index is 2410. The first-order valence-corrected chi connectivity index (χ1v) is 12.8. The van der Waals surface area contributed by atoms with Crippen LogP contribution >= 0.6 is 0 Å². The summed E-state index contributed by atoms with van der Waals surface area (Å²) in [6, 6.07) is 2.49. The first-order chi connectivity index (χ1) is 19.5. The van der Waals surface area contributed by atoms with Crippen LogP contribution < -0.4 is 42.4 Å². The van der Waals surface area contributed by atoms with Crippen molar-refractivity contribution in [2.75, 3.05) is 7.11 Å². The number of aliphatic hydroxyl groups excluding tert-OH is 2. The molecule has 4 aliphatic rings. The van der Waals surface area contributed by atoms with E-state index in [1.54, 1.807) is 31.2 Å². The maximum absolute atomic E-state index is 13.6. The zero-order valence-corrected chi connectivity index (χ0v) is 22.2. The summed E-state index contributed by atoms with van der Waals surface area (Å²) in [5, 5.41) is 32.4. The number of aryl methyl sites for hydroxylation is 1. The van der Waals surface area contributed by atoms with E-state index in [1.165, 1.54) is 0 Å². The maximum Gasteiger partial charge on any atom is 0.260 e. The van der Waals surface area contributed by atoms with Crippen LogP contribution in [0.5, 0.6) is 11.5 Å². The number of hydrogen-bond acceptors (Lipinski definition) is 9. The van der Waals surface area contributed by atoms with Crippen LogP contribution in [0.4, 0.5) is 0 Å². The standard InChI is InChI=1S/C31H23NO9/c1-4-5-6-7-13-10-15-12(2)14-8-9-31(23(14)27(37)18(15)30(40)32-13)28(38)21-22(29(31)39)26(36)20-19(25(21)35)16(33)11-17(41-3)24(20)34/h4-7,10-11,37-39H,8-9H2,1-3H3,(H,32,40)/b5-4+,7-6+. The summed E-state index contributed by atoms with van der Waals surface area (Å²) < 4.78 is 4.90. The second-order valence-electron chi connectivity index (χ2n) is 10.2. The third kappa shape index (κ3) is 3.09. The van der Waals surface area contributed by atoms with Crippen molar-refractivity contribution in [2.45, 2.75) is 32.1 Å². The number of fused-ring (bicyclic) bond motifs is 4. The normalized spacial score (nSPS) is 18.0. The third-order valence-electron chi connectivity index (χ3n) is 8.31. The lowest BCUT2D eigenvalue weighted by Gasteiger charge is -2.27. The number of phenols is 1. The van der Waals surface area contributed by atoms with Gasteiger partial charge in [0, 0.05) is 17.3 Å². The largest absolute Gasteiger partial charge is 0.510 e. The number of hydrogen-bond donors (Lipinski definition) is 4. The quantitative estimate of drug-likeness (QED) is 0.262. The van der Waals surface area contributed by atoms with Crippen LogP contribution in [0.1, 0.15) is 35.7 Å². The van der Waals surface area contributed by atoms with E-state index < -0.39 is 76.6 Å². The van der Waals surface area contributed by atoms with Crippen LogP contribution in [0.3, 0.4) is 0 Å². The molecule has 2 aromatic rings. The summed E-state index contributed by atoms with van der Waals surface area (Å²) in [6.07, 6.45) is 7.19. The molecule has 0 bridgehead atoms. The Hall–Kier alpha value is -5.25. The van der Waals surface area contributed by atoms with E-state index in [0.717, 1.165) is 13.2 Å². The number of aromatic nitrogens is 1. The molecule has 0 fully saturated rings. The summed E-state index contributed by atoms with van der Waals surface area (Å²) in [5.41, 5.74) is -5.11. The Morgan fingerprint density at radius 2 is 1.56 bits per heavy atom. The lowest BCUT2D eigenvalue weighted by molar-refractivity contribution is 0.362. The molecule has 10 heteroatoms. The number of rotatable bonds is 3. The fourth-order valence-corrected chi connectivity index (χ4v) is 6.45. The van der Waals surface area contributed by atoms with Gasteiger partial charge < -0.3 is 25.0 Å². The Balaban J connectivity index is 1.78. The number of aliphatic hydroxyl groups is 2. The van der Waals surface area contributed by atoms with Crippen molar-refractivity contribution in [1.29, 1.82) is 0 Å². The van der Waals surface area contributed by atoms with Crippen LogP contribution in [0.25, 0.3) is 28.4 Å². The van der Waals surface area contributed by atoms with Crippen LogP contribution in [0.15, 0.2) is 54.3 Å². The summed E-state index contributed by atoms with van der Waals surface area (Å²) in [7, 11) is 1.13. The van der Waals surface area contributed by atoms with Gasteiger partial charge in [-0.1, -0.05) is 18.2 Å². The average molecular weight is 554 g/mol. The lowest BCUT2D eigenvalue weighted by Crippen LogP contribution is -2.51. The molecule has 1 heterocycles. The number of aromatic amines is 1. The smallest absolute Gasteiger partial charge is 0.260 e. The number of H-pyrrole nitrogens is 1. The van der Waals surface area contributed by atoms with E-state index in [0.29, 0.717) is 22.2 Å². The number of allylic oxidation sites excluding steroid dienone is 3. The monoisotopic (exact) mass is 553 g/mol. The summed E-state index contributed by atoms with van der Waals surface area (Å²) in [6.45, 7) is 3.58. The van der Waals surface area contributed by atoms with Crippen molar-refractivity contribution in [1.82, 2.24) is 4.98 Å². The van der Waals surface area contributed by atoms with Gasteiger partial charge in [-0.3, -0.25) is 24.0 Å². The number of aromatic hydroxyl groups is 1. The molecule has 1 spiro atoms. The molecule has 4 aliphatic carbocycles. The Labute approximate surface area is 229 Å². The molecule has 1 aromatic carbocycles. The van der Waals surface area contributed by atoms with Crippen molar-refractivity contribution in [3.8, 4) is 11.5 Å². The van der Waals surface area contributed by atoms with Crippen molar-refractivity contribution in [2.24, 2.45) is 0 Å². The molecular formula is C31H23NO9. The first kappa shape index (κ1) is 26.0. The molecule has 0 radical (unpaired) electrons. The highest BCUT2D eigenvalue weighted by atomic mass is 16.5. The van der Waals surface area contributed by atoms with Gasteiger partial charge in [-0.05, 0) is 55.3 Å². The number of ether oxygens (including phenoxy) is 1. The molecule has 6 rings (SSSR count). The van der Waals surface area contributed by atoms with Crippen molar-refractivity contribution >= 4 is 28.4 Å². The van der Waals surface area contributed by atoms with Crippen LogP contribution in [-0.2, 0) is 11.8 Å². The third-order valence-corrected chi connectivity index (χ3v) is 8.31. The maximum atomic E-state index is 13.6. The predicted molar refractivity (Wildman–Crippen MR) is 152 cm³/mol. The molecule has 10 nitrogen and oxygen atoms in total. The van der Waals surface area contributed by atoms with Gasteiger partial charge in [0.1, 0.15) is 22.7 Å². The average Bonchev–Trinajstić information content (AvgIpc) is 3.45. The Kier molecular flexibility index (Phi) is 5.47. The van der Waals surface area contributed by atoms with E-state index in [9.17, 15) is 39.3 Å². The topological polar surface area (TPSA) is 171 Å². The molecule has 0 saturated heterocycles. The van der Waals surface area contributed by atoms with Crippen molar-refractivity contribution in [3.63, 3.8) is 0 Å². The molecule has 0 saturated carbocycles. The second-order valence-corrected chi connectivity index (χ2v) is 10.2. The van der Waals surface area contributed by atoms with E-state index in [2.05, 4.69) is 4.98 Å². The molecule has 0 aliphatic heterocycles. The zero-order valence-electron chi connectivity index (χ0n) is 22.2.